The Morgan fingerprint density at radius 3 is 2.80 bits per heavy atom. The molecule has 2 atom stereocenters. The molecule has 2 unspecified atom stereocenters. The van der Waals surface area contributed by atoms with Crippen LogP contribution in [0.4, 0.5) is 10.1 Å². The molecular weight excluding hydrogens is 257 g/mol. The monoisotopic (exact) mass is 277 g/mol. The largest absolute Gasteiger partial charge is 0.478 e. The van der Waals surface area contributed by atoms with Crippen LogP contribution in [-0.4, -0.2) is 23.7 Å². The van der Waals surface area contributed by atoms with Gasteiger partial charge in [0.05, 0.1) is 0 Å². The van der Waals surface area contributed by atoms with E-state index in [9.17, 15) is 9.18 Å². The molecule has 1 N–H and O–H groups in total. The molecule has 1 heterocycles. The zero-order valence-corrected chi connectivity index (χ0v) is 11.8. The molecule has 108 valence electrons. The Hall–Kier alpha value is -1.84. The van der Waals surface area contributed by atoms with Crippen LogP contribution >= 0.6 is 0 Å². The lowest BCUT2D eigenvalue weighted by Crippen LogP contribution is -2.41. The minimum absolute atomic E-state index is 0.335. The standard InChI is InChI=1S/C16H20FNO2/c1-11-3-4-12(2)18(10-11)15-8-13(5-6-16(19)20)7-14(17)9-15/h5-9,11-12H,3-4,10H2,1-2H3,(H,19,20)/b6-5+. The molecule has 0 radical (unpaired) electrons. The van der Waals surface area contributed by atoms with E-state index in [0.29, 0.717) is 17.5 Å². The molecule has 2 rings (SSSR count). The van der Waals surface area contributed by atoms with Crippen molar-refractivity contribution in [1.29, 1.82) is 0 Å². The number of carbonyl (C=O) groups is 1. The minimum atomic E-state index is -1.03. The van der Waals surface area contributed by atoms with Gasteiger partial charge in [-0.05, 0) is 55.5 Å². The number of anilines is 1. The highest BCUT2D eigenvalue weighted by Gasteiger charge is 2.23. The van der Waals surface area contributed by atoms with Crippen molar-refractivity contribution in [3.05, 3.63) is 35.7 Å². The Labute approximate surface area is 118 Å². The van der Waals surface area contributed by atoms with Gasteiger partial charge < -0.3 is 10.0 Å². The molecule has 1 aliphatic rings. The Morgan fingerprint density at radius 2 is 2.10 bits per heavy atom. The van der Waals surface area contributed by atoms with E-state index in [1.54, 1.807) is 0 Å². The first-order chi connectivity index (χ1) is 9.45. The second kappa shape index (κ2) is 6.07. The zero-order valence-electron chi connectivity index (χ0n) is 11.8. The van der Waals surface area contributed by atoms with Crippen LogP contribution in [0.25, 0.3) is 6.08 Å². The predicted octanol–water partition coefficient (Wildman–Crippen LogP) is 3.55. The van der Waals surface area contributed by atoms with E-state index in [4.69, 9.17) is 5.11 Å². The molecule has 1 aromatic rings. The van der Waals surface area contributed by atoms with Crippen molar-refractivity contribution in [3.63, 3.8) is 0 Å². The van der Waals surface area contributed by atoms with Crippen LogP contribution in [-0.2, 0) is 4.79 Å². The summed E-state index contributed by atoms with van der Waals surface area (Å²) < 4.78 is 13.7. The average molecular weight is 277 g/mol. The third-order valence-electron chi connectivity index (χ3n) is 3.77. The van der Waals surface area contributed by atoms with Crippen LogP contribution in [0.5, 0.6) is 0 Å². The maximum atomic E-state index is 13.7. The van der Waals surface area contributed by atoms with Crippen molar-refractivity contribution in [2.45, 2.75) is 32.7 Å². The molecule has 0 aromatic heterocycles. The topological polar surface area (TPSA) is 40.5 Å². The first kappa shape index (κ1) is 14.6. The molecular formula is C16H20FNO2. The highest BCUT2D eigenvalue weighted by atomic mass is 19.1. The SMILES string of the molecule is CC1CCC(C)N(c2cc(F)cc(/C=C/C(=O)O)c2)C1. The normalized spacial score (nSPS) is 23.2. The van der Waals surface area contributed by atoms with E-state index in [1.165, 1.54) is 24.6 Å². The van der Waals surface area contributed by atoms with Gasteiger partial charge in [-0.15, -0.1) is 0 Å². The van der Waals surface area contributed by atoms with Crippen LogP contribution in [0.3, 0.4) is 0 Å². The van der Waals surface area contributed by atoms with Gasteiger partial charge in [-0.2, -0.15) is 0 Å². The van der Waals surface area contributed by atoms with Gasteiger partial charge in [0.15, 0.2) is 0 Å². The predicted molar refractivity (Wildman–Crippen MR) is 78.3 cm³/mol. The van der Waals surface area contributed by atoms with Gasteiger partial charge in [0.1, 0.15) is 5.82 Å². The second-order valence-corrected chi connectivity index (χ2v) is 5.60. The summed E-state index contributed by atoms with van der Waals surface area (Å²) >= 11 is 0. The highest BCUT2D eigenvalue weighted by Crippen LogP contribution is 2.29. The van der Waals surface area contributed by atoms with Crippen molar-refractivity contribution >= 4 is 17.7 Å². The lowest BCUT2D eigenvalue weighted by molar-refractivity contribution is -0.131. The van der Waals surface area contributed by atoms with Gasteiger partial charge in [0.25, 0.3) is 0 Å². The summed E-state index contributed by atoms with van der Waals surface area (Å²) in [7, 11) is 0. The Balaban J connectivity index is 2.29. The fraction of sp³-hybridized carbons (Fsp3) is 0.438. The van der Waals surface area contributed by atoms with Crippen LogP contribution < -0.4 is 4.90 Å². The lowest BCUT2D eigenvalue weighted by atomic mass is 9.94. The Kier molecular flexibility index (Phi) is 4.42. The number of piperidine rings is 1. The van der Waals surface area contributed by atoms with E-state index in [1.807, 2.05) is 6.07 Å². The quantitative estimate of drug-likeness (QED) is 0.859. The highest BCUT2D eigenvalue weighted by molar-refractivity contribution is 5.85. The molecule has 1 fully saturated rings. The van der Waals surface area contributed by atoms with Crippen molar-refractivity contribution in [2.24, 2.45) is 5.92 Å². The van der Waals surface area contributed by atoms with Crippen LogP contribution in [0.1, 0.15) is 32.3 Å². The third kappa shape index (κ3) is 3.59. The number of halogens is 1. The molecule has 3 nitrogen and oxygen atoms in total. The summed E-state index contributed by atoms with van der Waals surface area (Å²) in [4.78, 5) is 12.8. The molecule has 1 saturated heterocycles. The van der Waals surface area contributed by atoms with Crippen LogP contribution in [0.15, 0.2) is 24.3 Å². The number of hydrogen-bond acceptors (Lipinski definition) is 2. The molecule has 20 heavy (non-hydrogen) atoms. The molecule has 0 amide bonds. The van der Waals surface area contributed by atoms with E-state index < -0.39 is 5.97 Å². The number of nitrogens with zero attached hydrogens (tertiary/aromatic N) is 1. The number of hydrogen-bond donors (Lipinski definition) is 1. The summed E-state index contributed by atoms with van der Waals surface area (Å²) in [5.74, 6) is -0.777. The summed E-state index contributed by atoms with van der Waals surface area (Å²) in [6, 6.07) is 5.09. The Morgan fingerprint density at radius 1 is 1.35 bits per heavy atom. The fourth-order valence-electron chi connectivity index (χ4n) is 2.67. The first-order valence-corrected chi connectivity index (χ1v) is 6.94. The van der Waals surface area contributed by atoms with Crippen molar-refractivity contribution in [1.82, 2.24) is 0 Å². The third-order valence-corrected chi connectivity index (χ3v) is 3.77. The molecule has 4 heteroatoms. The van der Waals surface area contributed by atoms with E-state index in [2.05, 4.69) is 18.7 Å². The second-order valence-electron chi connectivity index (χ2n) is 5.60. The van der Waals surface area contributed by atoms with Gasteiger partial charge in [0, 0.05) is 24.4 Å². The molecule has 0 spiro atoms. The summed E-state index contributed by atoms with van der Waals surface area (Å²) in [6.07, 6.45) is 4.74. The molecule has 1 aliphatic heterocycles. The van der Waals surface area contributed by atoms with Gasteiger partial charge in [-0.1, -0.05) is 6.92 Å². The Bertz CT molecular complexity index is 527. The van der Waals surface area contributed by atoms with Crippen LogP contribution in [0.2, 0.25) is 0 Å². The maximum absolute atomic E-state index is 13.7. The summed E-state index contributed by atoms with van der Waals surface area (Å²) in [6.45, 7) is 5.25. The maximum Gasteiger partial charge on any atom is 0.328 e. The van der Waals surface area contributed by atoms with Gasteiger partial charge in [0.2, 0.25) is 0 Å². The summed E-state index contributed by atoms with van der Waals surface area (Å²) in [5.41, 5.74) is 1.40. The fourth-order valence-corrected chi connectivity index (χ4v) is 2.67. The molecule has 0 bridgehead atoms. The number of aliphatic carboxylic acids is 1. The van der Waals surface area contributed by atoms with Crippen LogP contribution in [0, 0.1) is 11.7 Å². The molecule has 0 saturated carbocycles. The van der Waals surface area contributed by atoms with Gasteiger partial charge in [-0.3, -0.25) is 0 Å². The number of carboxylic acid groups (broad SMARTS) is 1. The summed E-state index contributed by atoms with van der Waals surface area (Å²) in [5, 5.41) is 8.65. The zero-order chi connectivity index (χ0) is 14.7. The first-order valence-electron chi connectivity index (χ1n) is 6.94. The van der Waals surface area contributed by atoms with E-state index in [-0.39, 0.29) is 5.82 Å². The smallest absolute Gasteiger partial charge is 0.328 e. The lowest BCUT2D eigenvalue weighted by Gasteiger charge is -2.38. The molecule has 1 aromatic carbocycles. The number of benzene rings is 1. The van der Waals surface area contributed by atoms with Crippen molar-refractivity contribution in [3.8, 4) is 0 Å². The molecule has 0 aliphatic carbocycles. The van der Waals surface area contributed by atoms with Gasteiger partial charge in [-0.25, -0.2) is 9.18 Å². The minimum Gasteiger partial charge on any atom is -0.478 e. The number of carboxylic acids is 1. The van der Waals surface area contributed by atoms with Crippen molar-refractivity contribution in [2.75, 3.05) is 11.4 Å². The number of rotatable bonds is 3. The van der Waals surface area contributed by atoms with Crippen molar-refractivity contribution < 1.29 is 14.3 Å². The average Bonchev–Trinajstić information content (AvgIpc) is 2.38. The van der Waals surface area contributed by atoms with E-state index >= 15 is 0 Å². The van der Waals surface area contributed by atoms with Gasteiger partial charge >= 0.3 is 5.97 Å². The van der Waals surface area contributed by atoms with E-state index in [0.717, 1.165) is 24.7 Å².